The van der Waals surface area contributed by atoms with Crippen LogP contribution in [0.3, 0.4) is 0 Å². The second-order valence-corrected chi connectivity index (χ2v) is 8.66. The highest BCUT2D eigenvalue weighted by atomic mass is 32.2. The largest absolute Gasteiger partial charge is 0.496 e. The van der Waals surface area contributed by atoms with Gasteiger partial charge < -0.3 is 14.2 Å². The molecule has 0 atom stereocenters. The Labute approximate surface area is 159 Å². The molecule has 2 aliphatic rings. The molecule has 0 bridgehead atoms. The minimum Gasteiger partial charge on any atom is -0.496 e. The van der Waals surface area contributed by atoms with E-state index in [0.717, 1.165) is 46.6 Å². The molecule has 0 aromatic heterocycles. The predicted molar refractivity (Wildman–Crippen MR) is 101 cm³/mol. The molecule has 0 unspecified atom stereocenters. The fourth-order valence-electron chi connectivity index (χ4n) is 3.79. The molecule has 6 nitrogen and oxygen atoms in total. The summed E-state index contributed by atoms with van der Waals surface area (Å²) in [5.74, 6) is 2.34. The van der Waals surface area contributed by atoms with E-state index >= 15 is 0 Å². The van der Waals surface area contributed by atoms with Crippen LogP contribution in [0.4, 0.5) is 0 Å². The molecule has 1 N–H and O–H groups in total. The van der Waals surface area contributed by atoms with E-state index in [2.05, 4.69) is 4.72 Å². The fourth-order valence-corrected chi connectivity index (χ4v) is 5.09. The van der Waals surface area contributed by atoms with Crippen molar-refractivity contribution in [1.29, 1.82) is 0 Å². The van der Waals surface area contributed by atoms with Crippen LogP contribution in [-0.4, -0.2) is 28.7 Å². The van der Waals surface area contributed by atoms with Crippen LogP contribution in [0.5, 0.6) is 17.2 Å². The van der Waals surface area contributed by atoms with E-state index in [0.29, 0.717) is 24.5 Å². The van der Waals surface area contributed by atoms with Crippen molar-refractivity contribution >= 4 is 10.0 Å². The van der Waals surface area contributed by atoms with Gasteiger partial charge in [0, 0.05) is 36.1 Å². The Hall–Kier alpha value is -2.25. The monoisotopic (exact) mass is 389 g/mol. The SMILES string of the molecule is COc1cc(C)c(S(=O)(=O)NCc2c3c(cc4c2OCC4)OCC3)cc1C. The van der Waals surface area contributed by atoms with Crippen molar-refractivity contribution in [2.75, 3.05) is 20.3 Å². The van der Waals surface area contributed by atoms with Crippen molar-refractivity contribution in [2.24, 2.45) is 0 Å². The Balaban J connectivity index is 1.66. The van der Waals surface area contributed by atoms with Crippen molar-refractivity contribution < 1.29 is 22.6 Å². The quantitative estimate of drug-likeness (QED) is 0.851. The van der Waals surface area contributed by atoms with Gasteiger partial charge in [-0.25, -0.2) is 13.1 Å². The van der Waals surface area contributed by atoms with Crippen LogP contribution in [0.25, 0.3) is 0 Å². The number of benzene rings is 2. The third-order valence-electron chi connectivity index (χ3n) is 5.18. The summed E-state index contributed by atoms with van der Waals surface area (Å²) in [7, 11) is -2.10. The molecule has 27 heavy (non-hydrogen) atoms. The summed E-state index contributed by atoms with van der Waals surface area (Å²) in [6.45, 7) is 5.02. The number of sulfonamides is 1. The van der Waals surface area contributed by atoms with Crippen LogP contribution in [0.15, 0.2) is 23.1 Å². The molecule has 144 valence electrons. The van der Waals surface area contributed by atoms with Gasteiger partial charge in [0.15, 0.2) is 0 Å². The second kappa shape index (κ2) is 6.73. The summed E-state index contributed by atoms with van der Waals surface area (Å²) in [5.41, 5.74) is 4.45. The Morgan fingerprint density at radius 3 is 2.63 bits per heavy atom. The maximum Gasteiger partial charge on any atom is 0.241 e. The number of hydrogen-bond donors (Lipinski definition) is 1. The normalized spacial score (nSPS) is 15.1. The van der Waals surface area contributed by atoms with Gasteiger partial charge in [0.1, 0.15) is 17.2 Å². The zero-order valence-electron chi connectivity index (χ0n) is 15.7. The first-order valence-electron chi connectivity index (χ1n) is 8.99. The fraction of sp³-hybridized carbons (Fsp3) is 0.400. The van der Waals surface area contributed by atoms with Gasteiger partial charge in [0.05, 0.1) is 25.2 Å². The molecule has 0 amide bonds. The lowest BCUT2D eigenvalue weighted by Crippen LogP contribution is -2.25. The Morgan fingerprint density at radius 1 is 1.07 bits per heavy atom. The standard InChI is InChI=1S/C20H23NO5S/c1-12-9-19(13(2)8-17(12)24-3)27(22,23)21-11-16-15-5-7-25-18(15)10-14-4-6-26-20(14)16/h8-10,21H,4-7,11H2,1-3H3. The molecule has 2 aromatic rings. The lowest BCUT2D eigenvalue weighted by molar-refractivity contribution is 0.352. The zero-order valence-corrected chi connectivity index (χ0v) is 16.5. The molecule has 0 aliphatic carbocycles. The number of methoxy groups -OCH3 is 1. The molecule has 0 saturated heterocycles. The van der Waals surface area contributed by atoms with Crippen molar-refractivity contribution in [3.8, 4) is 17.2 Å². The van der Waals surface area contributed by atoms with E-state index in [1.54, 1.807) is 26.2 Å². The zero-order chi connectivity index (χ0) is 19.2. The van der Waals surface area contributed by atoms with Crippen molar-refractivity contribution in [2.45, 2.75) is 38.1 Å². The summed E-state index contributed by atoms with van der Waals surface area (Å²) in [6.07, 6.45) is 1.59. The minimum atomic E-state index is -3.67. The number of ether oxygens (including phenoxy) is 3. The highest BCUT2D eigenvalue weighted by Gasteiger charge is 2.28. The van der Waals surface area contributed by atoms with Crippen LogP contribution in [0, 0.1) is 13.8 Å². The number of hydrogen-bond acceptors (Lipinski definition) is 5. The van der Waals surface area contributed by atoms with Gasteiger partial charge in [-0.2, -0.15) is 0 Å². The third kappa shape index (κ3) is 3.15. The van der Waals surface area contributed by atoms with Gasteiger partial charge in [-0.1, -0.05) is 0 Å². The first-order valence-corrected chi connectivity index (χ1v) is 10.5. The Bertz CT molecular complexity index is 982. The van der Waals surface area contributed by atoms with Gasteiger partial charge in [0.2, 0.25) is 10.0 Å². The van der Waals surface area contributed by atoms with E-state index < -0.39 is 10.0 Å². The van der Waals surface area contributed by atoms with Gasteiger partial charge in [-0.05, 0) is 43.2 Å². The van der Waals surface area contributed by atoms with Crippen LogP contribution in [-0.2, 0) is 29.4 Å². The number of fused-ring (bicyclic) bond motifs is 2. The lowest BCUT2D eigenvalue weighted by Gasteiger charge is -2.16. The molecule has 0 spiro atoms. The van der Waals surface area contributed by atoms with Crippen LogP contribution in [0.2, 0.25) is 0 Å². The number of nitrogens with one attached hydrogen (secondary N) is 1. The average molecular weight is 389 g/mol. The molecular weight excluding hydrogens is 366 g/mol. The van der Waals surface area contributed by atoms with Gasteiger partial charge >= 0.3 is 0 Å². The molecule has 7 heteroatoms. The summed E-state index contributed by atoms with van der Waals surface area (Å²) in [5, 5.41) is 0. The van der Waals surface area contributed by atoms with E-state index in [1.807, 2.05) is 13.0 Å². The van der Waals surface area contributed by atoms with Gasteiger partial charge in [0.25, 0.3) is 0 Å². The van der Waals surface area contributed by atoms with Gasteiger partial charge in [-0.15, -0.1) is 0 Å². The average Bonchev–Trinajstić information content (AvgIpc) is 3.28. The first-order chi connectivity index (χ1) is 12.9. The molecular formula is C20H23NO5S. The molecule has 2 heterocycles. The van der Waals surface area contributed by atoms with Crippen molar-refractivity contribution in [1.82, 2.24) is 4.72 Å². The smallest absolute Gasteiger partial charge is 0.241 e. The van der Waals surface area contributed by atoms with E-state index in [9.17, 15) is 8.42 Å². The second-order valence-electron chi connectivity index (χ2n) is 6.93. The number of rotatable bonds is 5. The summed E-state index contributed by atoms with van der Waals surface area (Å²) in [6, 6.07) is 5.42. The highest BCUT2D eigenvalue weighted by Crippen LogP contribution is 2.40. The molecule has 0 radical (unpaired) electrons. The molecule has 0 saturated carbocycles. The van der Waals surface area contributed by atoms with Crippen molar-refractivity contribution in [3.05, 3.63) is 46.0 Å². The van der Waals surface area contributed by atoms with E-state index in [1.165, 1.54) is 0 Å². The van der Waals surface area contributed by atoms with Crippen LogP contribution in [0.1, 0.15) is 27.8 Å². The summed E-state index contributed by atoms with van der Waals surface area (Å²) in [4.78, 5) is 0.266. The molecule has 2 aliphatic heterocycles. The van der Waals surface area contributed by atoms with Crippen LogP contribution >= 0.6 is 0 Å². The van der Waals surface area contributed by atoms with E-state index in [4.69, 9.17) is 14.2 Å². The number of aryl methyl sites for hydroxylation is 2. The van der Waals surface area contributed by atoms with E-state index in [-0.39, 0.29) is 11.4 Å². The third-order valence-corrected chi connectivity index (χ3v) is 6.72. The van der Waals surface area contributed by atoms with Gasteiger partial charge in [-0.3, -0.25) is 0 Å². The molecule has 4 rings (SSSR count). The van der Waals surface area contributed by atoms with Crippen LogP contribution < -0.4 is 18.9 Å². The first kappa shape index (κ1) is 18.1. The maximum absolute atomic E-state index is 13.0. The highest BCUT2D eigenvalue weighted by molar-refractivity contribution is 7.89. The topological polar surface area (TPSA) is 73.9 Å². The predicted octanol–water partition coefficient (Wildman–Crippen LogP) is 2.66. The Kier molecular flexibility index (Phi) is 4.52. The lowest BCUT2D eigenvalue weighted by atomic mass is 10.00. The minimum absolute atomic E-state index is 0.182. The molecule has 0 fully saturated rings. The maximum atomic E-state index is 13.0. The molecule has 2 aromatic carbocycles. The summed E-state index contributed by atoms with van der Waals surface area (Å²) >= 11 is 0. The van der Waals surface area contributed by atoms with Crippen molar-refractivity contribution in [3.63, 3.8) is 0 Å². The summed E-state index contributed by atoms with van der Waals surface area (Å²) < 4.78 is 45.4. The Morgan fingerprint density at radius 2 is 1.85 bits per heavy atom.